The van der Waals surface area contributed by atoms with E-state index in [-0.39, 0.29) is 11.5 Å². The summed E-state index contributed by atoms with van der Waals surface area (Å²) in [5, 5.41) is 11.1. The van der Waals surface area contributed by atoms with Crippen molar-refractivity contribution in [2.75, 3.05) is 6.61 Å². The average molecular weight is 475 g/mol. The lowest BCUT2D eigenvalue weighted by atomic mass is 10.1. The van der Waals surface area contributed by atoms with Crippen LogP contribution in [0.5, 0.6) is 11.5 Å². The van der Waals surface area contributed by atoms with Gasteiger partial charge in [0.2, 0.25) is 0 Å². The fourth-order valence-electron chi connectivity index (χ4n) is 4.15. The maximum Gasteiger partial charge on any atom is 0.319 e. The van der Waals surface area contributed by atoms with Crippen LogP contribution in [-0.2, 0) is 4.79 Å². The molecule has 0 heterocycles. The van der Waals surface area contributed by atoms with Gasteiger partial charge in [0.25, 0.3) is 0 Å². The fraction of sp³-hybridized carbons (Fsp3) is 0.276. The first kappa shape index (κ1) is 25.3. The van der Waals surface area contributed by atoms with Crippen LogP contribution in [0.4, 0.5) is 0 Å². The number of carboxylic acids is 1. The second-order valence-corrected chi connectivity index (χ2v) is 13.7. The van der Waals surface area contributed by atoms with E-state index in [1.807, 2.05) is 36.4 Å². The summed E-state index contributed by atoms with van der Waals surface area (Å²) in [4.78, 5) is 10.7. The Hall–Kier alpha value is -3.31. The van der Waals surface area contributed by atoms with E-state index in [4.69, 9.17) is 14.3 Å². The number of carboxylic acid groups (broad SMARTS) is 1. The van der Waals surface area contributed by atoms with E-state index in [1.165, 1.54) is 10.4 Å². The Kier molecular flexibility index (Phi) is 8.34. The first-order valence-electron chi connectivity index (χ1n) is 11.6. The second kappa shape index (κ2) is 11.2. The van der Waals surface area contributed by atoms with E-state index in [1.54, 1.807) is 0 Å². The molecular formula is C29H34O4Si. The van der Waals surface area contributed by atoms with E-state index in [0.717, 1.165) is 17.1 Å². The SMILES string of the molecule is C=C(CCOc1ccc(O[Si](c2ccccc2)(c2ccccc2)C(C)(C)C)cc1)CCC(=O)O. The molecule has 1 N–H and O–H groups in total. The van der Waals surface area contributed by atoms with E-state index in [2.05, 4.69) is 75.9 Å². The van der Waals surface area contributed by atoms with Crippen molar-refractivity contribution in [2.24, 2.45) is 0 Å². The first-order chi connectivity index (χ1) is 16.2. The first-order valence-corrected chi connectivity index (χ1v) is 13.5. The van der Waals surface area contributed by atoms with Crippen molar-refractivity contribution in [2.45, 2.75) is 45.1 Å². The highest BCUT2D eigenvalue weighted by atomic mass is 28.4. The van der Waals surface area contributed by atoms with Gasteiger partial charge in [-0.3, -0.25) is 4.79 Å². The molecule has 0 bridgehead atoms. The van der Waals surface area contributed by atoms with Gasteiger partial charge in [-0.05, 0) is 46.1 Å². The molecule has 0 unspecified atom stereocenters. The monoisotopic (exact) mass is 474 g/mol. The van der Waals surface area contributed by atoms with Crippen molar-refractivity contribution in [3.05, 3.63) is 97.1 Å². The predicted octanol–water partition coefficient (Wildman–Crippen LogP) is 5.82. The molecule has 3 aromatic carbocycles. The highest BCUT2D eigenvalue weighted by molar-refractivity contribution is 7.00. The summed E-state index contributed by atoms with van der Waals surface area (Å²) in [7, 11) is -2.67. The van der Waals surface area contributed by atoms with Gasteiger partial charge in [0.05, 0.1) is 6.61 Å². The molecule has 34 heavy (non-hydrogen) atoms. The fourth-order valence-corrected chi connectivity index (χ4v) is 8.57. The number of hydrogen-bond donors (Lipinski definition) is 1. The highest BCUT2D eigenvalue weighted by Gasteiger charge is 2.52. The van der Waals surface area contributed by atoms with Gasteiger partial charge in [-0.25, -0.2) is 0 Å². The Morgan fingerprint density at radius 3 is 1.76 bits per heavy atom. The number of hydrogen-bond acceptors (Lipinski definition) is 3. The molecule has 0 fully saturated rings. The number of benzene rings is 3. The topological polar surface area (TPSA) is 55.8 Å². The number of carbonyl (C=O) groups is 1. The number of rotatable bonds is 11. The zero-order valence-electron chi connectivity index (χ0n) is 20.3. The van der Waals surface area contributed by atoms with Crippen molar-refractivity contribution in [1.29, 1.82) is 0 Å². The number of ether oxygens (including phenoxy) is 1. The normalized spacial score (nSPS) is 11.6. The summed E-state index contributed by atoms with van der Waals surface area (Å²) in [5.74, 6) is 0.756. The standard InChI is InChI=1S/C29H34O4Si/c1-23(15-20-28(30)31)21-22-32-24-16-18-25(19-17-24)33-34(29(2,3)4,26-11-7-5-8-12-26)27-13-9-6-10-14-27/h5-14,16-19H,1,15,20-22H2,2-4H3,(H,30,31). The van der Waals surface area contributed by atoms with E-state index in [9.17, 15) is 4.79 Å². The third-order valence-electron chi connectivity index (χ3n) is 5.93. The minimum Gasteiger partial charge on any atom is -0.534 e. The summed E-state index contributed by atoms with van der Waals surface area (Å²) in [6.07, 6.45) is 1.21. The Balaban J connectivity index is 1.80. The van der Waals surface area contributed by atoms with Gasteiger partial charge in [-0.1, -0.05) is 93.6 Å². The molecule has 0 saturated carbocycles. The minimum absolute atomic E-state index is 0.104. The summed E-state index contributed by atoms with van der Waals surface area (Å²) in [5.41, 5.74) is 0.883. The zero-order chi connectivity index (χ0) is 24.6. The molecular weight excluding hydrogens is 440 g/mol. The molecule has 0 aliphatic rings. The molecule has 4 nitrogen and oxygen atoms in total. The zero-order valence-corrected chi connectivity index (χ0v) is 21.3. The third-order valence-corrected chi connectivity index (χ3v) is 10.9. The molecule has 0 aliphatic heterocycles. The van der Waals surface area contributed by atoms with Gasteiger partial charge >= 0.3 is 14.3 Å². The molecule has 0 aromatic heterocycles. The molecule has 0 saturated heterocycles. The molecule has 0 spiro atoms. The largest absolute Gasteiger partial charge is 0.534 e. The molecule has 3 aromatic rings. The van der Waals surface area contributed by atoms with Crippen molar-refractivity contribution in [3.8, 4) is 11.5 Å². The van der Waals surface area contributed by atoms with Crippen molar-refractivity contribution in [3.63, 3.8) is 0 Å². The molecule has 0 amide bonds. The molecule has 5 heteroatoms. The lowest BCUT2D eigenvalue weighted by molar-refractivity contribution is -0.136. The summed E-state index contributed by atoms with van der Waals surface area (Å²) < 4.78 is 12.9. The third kappa shape index (κ3) is 6.17. The van der Waals surface area contributed by atoms with Gasteiger partial charge in [-0.2, -0.15) is 0 Å². The molecule has 178 valence electrons. The maximum absolute atomic E-state index is 10.7. The van der Waals surface area contributed by atoms with E-state index >= 15 is 0 Å². The van der Waals surface area contributed by atoms with Crippen LogP contribution in [0.1, 0.15) is 40.0 Å². The lowest BCUT2D eigenvalue weighted by Crippen LogP contribution is -2.68. The molecule has 0 atom stereocenters. The average Bonchev–Trinajstić information content (AvgIpc) is 2.82. The molecule has 0 aliphatic carbocycles. The predicted molar refractivity (Wildman–Crippen MR) is 141 cm³/mol. The Bertz CT molecular complexity index is 1030. The minimum atomic E-state index is -2.67. The Labute approximate surface area is 204 Å². The molecule has 0 radical (unpaired) electrons. The summed E-state index contributed by atoms with van der Waals surface area (Å²) >= 11 is 0. The van der Waals surface area contributed by atoms with Gasteiger partial charge < -0.3 is 14.3 Å². The van der Waals surface area contributed by atoms with Crippen molar-refractivity contribution < 1.29 is 19.1 Å². The van der Waals surface area contributed by atoms with Gasteiger partial charge in [-0.15, -0.1) is 0 Å². The van der Waals surface area contributed by atoms with E-state index < -0.39 is 14.3 Å². The Morgan fingerprint density at radius 1 is 0.794 bits per heavy atom. The second-order valence-electron chi connectivity index (χ2n) is 9.48. The van der Waals surface area contributed by atoms with Crippen LogP contribution in [0, 0.1) is 0 Å². The highest BCUT2D eigenvalue weighted by Crippen LogP contribution is 2.37. The van der Waals surface area contributed by atoms with Crippen LogP contribution in [0.25, 0.3) is 0 Å². The smallest absolute Gasteiger partial charge is 0.319 e. The summed E-state index contributed by atoms with van der Waals surface area (Å²) in [6.45, 7) is 11.2. The summed E-state index contributed by atoms with van der Waals surface area (Å²) in [6, 6.07) is 28.9. The molecule has 3 rings (SSSR count). The van der Waals surface area contributed by atoms with Crippen LogP contribution in [-0.4, -0.2) is 26.0 Å². The van der Waals surface area contributed by atoms with Crippen molar-refractivity contribution >= 4 is 24.7 Å². The van der Waals surface area contributed by atoms with Crippen LogP contribution < -0.4 is 19.5 Å². The maximum atomic E-state index is 10.7. The van der Waals surface area contributed by atoms with Crippen LogP contribution in [0.2, 0.25) is 5.04 Å². The van der Waals surface area contributed by atoms with Crippen LogP contribution >= 0.6 is 0 Å². The quantitative estimate of drug-likeness (QED) is 0.281. The van der Waals surface area contributed by atoms with Crippen molar-refractivity contribution in [1.82, 2.24) is 0 Å². The van der Waals surface area contributed by atoms with Crippen LogP contribution in [0.3, 0.4) is 0 Å². The lowest BCUT2D eigenvalue weighted by Gasteiger charge is -2.43. The van der Waals surface area contributed by atoms with E-state index in [0.29, 0.717) is 19.4 Å². The van der Waals surface area contributed by atoms with Gasteiger partial charge in [0, 0.05) is 12.8 Å². The number of aliphatic carboxylic acids is 1. The van der Waals surface area contributed by atoms with Gasteiger partial charge in [0.15, 0.2) is 0 Å². The Morgan fingerprint density at radius 2 is 1.29 bits per heavy atom. The van der Waals surface area contributed by atoms with Gasteiger partial charge in [0.1, 0.15) is 11.5 Å². The van der Waals surface area contributed by atoms with Crippen LogP contribution in [0.15, 0.2) is 97.1 Å².